The van der Waals surface area contributed by atoms with E-state index in [1.165, 1.54) is 6.92 Å². The molecule has 0 spiro atoms. The smallest absolute Gasteiger partial charge is 0.303 e. The molecule has 0 radical (unpaired) electrons. The summed E-state index contributed by atoms with van der Waals surface area (Å²) >= 11 is 0. The van der Waals surface area contributed by atoms with Gasteiger partial charge in [-0.15, -0.1) is 0 Å². The van der Waals surface area contributed by atoms with E-state index in [4.69, 9.17) is 4.74 Å². The van der Waals surface area contributed by atoms with Crippen LogP contribution in [0.3, 0.4) is 0 Å². The Hall–Kier alpha value is -2.61. The fourth-order valence-corrected chi connectivity index (χ4v) is 2.58. The van der Waals surface area contributed by atoms with Gasteiger partial charge in [-0.05, 0) is 16.3 Å². The zero-order valence-corrected chi connectivity index (χ0v) is 13.8. The quantitative estimate of drug-likeness (QED) is 0.596. The molecular weight excluding hydrogens is 284 g/mol. The molecule has 0 fully saturated rings. The maximum absolute atomic E-state index is 11.5. The highest BCUT2D eigenvalue weighted by molar-refractivity contribution is 5.86. The maximum Gasteiger partial charge on any atom is 0.303 e. The van der Waals surface area contributed by atoms with Crippen LogP contribution in [0.5, 0.6) is 0 Å². The predicted octanol–water partition coefficient (Wildman–Crippen LogP) is 5.52. The number of benzene rings is 3. The summed E-state index contributed by atoms with van der Waals surface area (Å²) in [5.74, 6) is -0.281. The highest BCUT2D eigenvalue weighted by Crippen LogP contribution is 2.31. The first-order valence-corrected chi connectivity index (χ1v) is 7.95. The zero-order valence-electron chi connectivity index (χ0n) is 13.8. The minimum Gasteiger partial charge on any atom is -0.453 e. The van der Waals surface area contributed by atoms with Crippen molar-refractivity contribution in [2.24, 2.45) is 0 Å². The molecule has 3 rings (SSSR count). The van der Waals surface area contributed by atoms with E-state index in [2.05, 4.69) is 18.2 Å². The number of carbonyl (C=O) groups excluding carboxylic acids is 1. The molecule has 2 heteroatoms. The van der Waals surface area contributed by atoms with Crippen molar-refractivity contribution in [2.75, 3.05) is 0 Å². The third-order valence-corrected chi connectivity index (χ3v) is 3.49. The fourth-order valence-electron chi connectivity index (χ4n) is 2.58. The molecule has 0 aliphatic carbocycles. The van der Waals surface area contributed by atoms with Gasteiger partial charge in [-0.25, -0.2) is 0 Å². The molecule has 23 heavy (non-hydrogen) atoms. The van der Waals surface area contributed by atoms with E-state index >= 15 is 0 Å². The molecule has 118 valence electrons. The number of rotatable bonds is 3. The zero-order chi connectivity index (χ0) is 16.7. The molecule has 3 aromatic carbocycles. The first kappa shape index (κ1) is 16.8. The van der Waals surface area contributed by atoms with Crippen molar-refractivity contribution in [1.29, 1.82) is 0 Å². The van der Waals surface area contributed by atoms with E-state index in [9.17, 15) is 4.79 Å². The van der Waals surface area contributed by atoms with Gasteiger partial charge in [0.1, 0.15) is 0 Å². The molecule has 3 aromatic rings. The minimum absolute atomic E-state index is 0.281. The van der Waals surface area contributed by atoms with Crippen LogP contribution in [-0.4, -0.2) is 5.97 Å². The monoisotopic (exact) mass is 306 g/mol. The summed E-state index contributed by atoms with van der Waals surface area (Å²) < 4.78 is 5.59. The molecule has 0 N–H and O–H groups in total. The third-order valence-electron chi connectivity index (χ3n) is 3.49. The van der Waals surface area contributed by atoms with Crippen LogP contribution in [0.15, 0.2) is 72.8 Å². The molecule has 0 aliphatic rings. The summed E-state index contributed by atoms with van der Waals surface area (Å²) in [7, 11) is 0. The SMILES string of the molecule is CC.CC(=O)OC(c1ccccc1)c1cccc2ccccc12. The summed E-state index contributed by atoms with van der Waals surface area (Å²) in [6.07, 6.45) is -0.380. The largest absolute Gasteiger partial charge is 0.453 e. The van der Waals surface area contributed by atoms with E-state index < -0.39 is 0 Å². The van der Waals surface area contributed by atoms with Crippen molar-refractivity contribution in [3.8, 4) is 0 Å². The Bertz CT molecular complexity index is 758. The lowest BCUT2D eigenvalue weighted by molar-refractivity contribution is -0.144. The summed E-state index contributed by atoms with van der Waals surface area (Å²) in [6.45, 7) is 5.45. The van der Waals surface area contributed by atoms with Crippen LogP contribution in [0.2, 0.25) is 0 Å². The van der Waals surface area contributed by atoms with Crippen molar-refractivity contribution >= 4 is 16.7 Å². The van der Waals surface area contributed by atoms with Gasteiger partial charge in [-0.2, -0.15) is 0 Å². The van der Waals surface area contributed by atoms with E-state index in [0.29, 0.717) is 0 Å². The van der Waals surface area contributed by atoms with Gasteiger partial charge in [0, 0.05) is 12.5 Å². The second-order valence-electron chi connectivity index (χ2n) is 4.97. The molecule has 0 saturated carbocycles. The molecule has 1 unspecified atom stereocenters. The number of esters is 1. The second-order valence-corrected chi connectivity index (χ2v) is 4.97. The van der Waals surface area contributed by atoms with Crippen LogP contribution in [-0.2, 0) is 9.53 Å². The molecule has 2 nitrogen and oxygen atoms in total. The topological polar surface area (TPSA) is 26.3 Å². The average Bonchev–Trinajstić information content (AvgIpc) is 2.62. The highest BCUT2D eigenvalue weighted by Gasteiger charge is 2.19. The van der Waals surface area contributed by atoms with Gasteiger partial charge in [-0.3, -0.25) is 4.79 Å². The molecule has 1 atom stereocenters. The Morgan fingerprint density at radius 3 is 2.13 bits per heavy atom. The van der Waals surface area contributed by atoms with Gasteiger partial charge in [0.25, 0.3) is 0 Å². The molecule has 0 saturated heterocycles. The lowest BCUT2D eigenvalue weighted by Gasteiger charge is -2.19. The van der Waals surface area contributed by atoms with Crippen LogP contribution in [0.4, 0.5) is 0 Å². The van der Waals surface area contributed by atoms with Crippen molar-refractivity contribution in [2.45, 2.75) is 26.9 Å². The average molecular weight is 306 g/mol. The van der Waals surface area contributed by atoms with Crippen LogP contribution >= 0.6 is 0 Å². The van der Waals surface area contributed by atoms with E-state index in [1.807, 2.05) is 68.4 Å². The number of hydrogen-bond acceptors (Lipinski definition) is 2. The first-order chi connectivity index (χ1) is 11.3. The lowest BCUT2D eigenvalue weighted by Crippen LogP contribution is -2.10. The molecule has 0 bridgehead atoms. The molecule has 0 heterocycles. The summed E-state index contributed by atoms with van der Waals surface area (Å²) in [5, 5.41) is 2.25. The van der Waals surface area contributed by atoms with Crippen LogP contribution < -0.4 is 0 Å². The molecule has 0 amide bonds. The minimum atomic E-state index is -0.380. The first-order valence-electron chi connectivity index (χ1n) is 7.95. The van der Waals surface area contributed by atoms with Crippen LogP contribution in [0, 0.1) is 0 Å². The van der Waals surface area contributed by atoms with Gasteiger partial charge >= 0.3 is 5.97 Å². The second kappa shape index (κ2) is 8.14. The van der Waals surface area contributed by atoms with Gasteiger partial charge in [0.05, 0.1) is 0 Å². The van der Waals surface area contributed by atoms with E-state index in [-0.39, 0.29) is 12.1 Å². The summed E-state index contributed by atoms with van der Waals surface area (Å²) in [6, 6.07) is 24.0. The van der Waals surface area contributed by atoms with Gasteiger partial charge in [0.15, 0.2) is 6.10 Å². The molecule has 0 aromatic heterocycles. The summed E-state index contributed by atoms with van der Waals surface area (Å²) in [4.78, 5) is 11.5. The van der Waals surface area contributed by atoms with Gasteiger partial charge in [0.2, 0.25) is 0 Å². The van der Waals surface area contributed by atoms with Crippen molar-refractivity contribution < 1.29 is 9.53 Å². The number of fused-ring (bicyclic) bond motifs is 1. The van der Waals surface area contributed by atoms with Gasteiger partial charge in [-0.1, -0.05) is 86.6 Å². The van der Waals surface area contributed by atoms with Crippen molar-refractivity contribution in [1.82, 2.24) is 0 Å². The van der Waals surface area contributed by atoms with Gasteiger partial charge < -0.3 is 4.74 Å². The Kier molecular flexibility index (Phi) is 5.93. The highest BCUT2D eigenvalue weighted by atomic mass is 16.5. The van der Waals surface area contributed by atoms with Crippen molar-refractivity contribution in [3.63, 3.8) is 0 Å². The summed E-state index contributed by atoms with van der Waals surface area (Å²) in [5.41, 5.74) is 1.98. The van der Waals surface area contributed by atoms with Crippen molar-refractivity contribution in [3.05, 3.63) is 83.9 Å². The Morgan fingerprint density at radius 1 is 0.826 bits per heavy atom. The Balaban J connectivity index is 0.000000924. The lowest BCUT2D eigenvalue weighted by atomic mass is 9.96. The number of hydrogen-bond donors (Lipinski definition) is 0. The number of carbonyl (C=O) groups is 1. The van der Waals surface area contributed by atoms with E-state index in [1.54, 1.807) is 0 Å². The van der Waals surface area contributed by atoms with Crippen LogP contribution in [0.25, 0.3) is 10.8 Å². The van der Waals surface area contributed by atoms with E-state index in [0.717, 1.165) is 21.9 Å². The Morgan fingerprint density at radius 2 is 1.43 bits per heavy atom. The van der Waals surface area contributed by atoms with Crippen LogP contribution in [0.1, 0.15) is 38.0 Å². The predicted molar refractivity (Wildman–Crippen MR) is 95.3 cm³/mol. The fraction of sp³-hybridized carbons (Fsp3) is 0.190. The standard InChI is InChI=1S/C19H16O2.C2H6/c1-14(20)21-19(16-9-3-2-4-10-16)18-13-7-11-15-8-5-6-12-17(15)18;1-2/h2-13,19H,1H3;1-2H3. The normalized spacial score (nSPS) is 11.3. The maximum atomic E-state index is 11.5. The molecule has 0 aliphatic heterocycles. The Labute approximate surface area is 137 Å². The number of ether oxygens (including phenoxy) is 1. The third kappa shape index (κ3) is 3.98. The molecular formula is C21H22O2.